The Labute approximate surface area is 180 Å². The Morgan fingerprint density at radius 2 is 1.60 bits per heavy atom. The van der Waals surface area contributed by atoms with Gasteiger partial charge in [0, 0.05) is 11.1 Å². The molecule has 0 saturated carbocycles. The topological polar surface area (TPSA) is 82.6 Å². The minimum atomic E-state index is -0.326. The molecule has 0 unspecified atom stereocenters. The van der Waals surface area contributed by atoms with Gasteiger partial charge in [0.15, 0.2) is 11.5 Å². The monoisotopic (exact) mass is 427 g/mol. The van der Waals surface area contributed by atoms with Gasteiger partial charge in [-0.3, -0.25) is 10.1 Å². The van der Waals surface area contributed by atoms with Crippen LogP contribution in [0.25, 0.3) is 10.6 Å². The van der Waals surface area contributed by atoms with Crippen LogP contribution < -0.4 is 19.5 Å². The van der Waals surface area contributed by atoms with Crippen molar-refractivity contribution < 1.29 is 19.0 Å². The number of nitrogens with zero attached hydrogens (tertiary/aromatic N) is 2. The van der Waals surface area contributed by atoms with Crippen LogP contribution in [0.3, 0.4) is 0 Å². The van der Waals surface area contributed by atoms with E-state index in [2.05, 4.69) is 15.5 Å². The van der Waals surface area contributed by atoms with Crippen LogP contribution in [-0.4, -0.2) is 35.9 Å². The van der Waals surface area contributed by atoms with Crippen LogP contribution in [-0.2, 0) is 0 Å². The zero-order valence-corrected chi connectivity index (χ0v) is 18.3. The number of hydrogen-bond donors (Lipinski definition) is 1. The van der Waals surface area contributed by atoms with E-state index in [0.29, 0.717) is 47.8 Å². The van der Waals surface area contributed by atoms with Crippen LogP contribution in [0.5, 0.6) is 17.2 Å². The summed E-state index contributed by atoms with van der Waals surface area (Å²) >= 11 is 1.32. The van der Waals surface area contributed by atoms with Crippen LogP contribution in [0.1, 0.15) is 36.7 Å². The van der Waals surface area contributed by atoms with E-state index in [0.717, 1.165) is 16.1 Å². The van der Waals surface area contributed by atoms with E-state index in [9.17, 15) is 4.79 Å². The van der Waals surface area contributed by atoms with E-state index in [1.165, 1.54) is 11.3 Å². The van der Waals surface area contributed by atoms with Gasteiger partial charge in [-0.2, -0.15) is 0 Å². The average molecular weight is 428 g/mol. The molecule has 1 amide bonds. The first-order valence-corrected chi connectivity index (χ1v) is 10.7. The van der Waals surface area contributed by atoms with Gasteiger partial charge in [0.1, 0.15) is 5.01 Å². The second-order valence-electron chi connectivity index (χ2n) is 6.28. The van der Waals surface area contributed by atoms with Crippen LogP contribution in [0.2, 0.25) is 0 Å². The number of hydrogen-bond acceptors (Lipinski definition) is 7. The van der Waals surface area contributed by atoms with Gasteiger partial charge in [-0.05, 0) is 45.4 Å². The van der Waals surface area contributed by atoms with E-state index in [4.69, 9.17) is 14.2 Å². The van der Waals surface area contributed by atoms with Crippen molar-refractivity contribution in [1.29, 1.82) is 0 Å². The smallest absolute Gasteiger partial charge is 0.257 e. The van der Waals surface area contributed by atoms with E-state index in [1.807, 2.05) is 52.0 Å². The maximum Gasteiger partial charge on any atom is 0.257 e. The number of rotatable bonds is 9. The Hall–Kier alpha value is -3.13. The lowest BCUT2D eigenvalue weighted by Gasteiger charge is -2.16. The lowest BCUT2D eigenvalue weighted by molar-refractivity contribution is 0.102. The second kappa shape index (κ2) is 10.1. The molecule has 7 nitrogen and oxygen atoms in total. The van der Waals surface area contributed by atoms with Gasteiger partial charge < -0.3 is 14.2 Å². The SMILES string of the molecule is CCOc1cc(C(=O)Nc2nnc(-c3ccccc3C)s2)cc(OCC)c1OCC. The molecular formula is C22H25N3O4S. The molecule has 0 spiro atoms. The summed E-state index contributed by atoms with van der Waals surface area (Å²) in [5, 5.41) is 12.3. The van der Waals surface area contributed by atoms with Crippen molar-refractivity contribution in [2.24, 2.45) is 0 Å². The summed E-state index contributed by atoms with van der Waals surface area (Å²) in [6.07, 6.45) is 0. The van der Waals surface area contributed by atoms with E-state index < -0.39 is 0 Å². The molecule has 0 aliphatic heterocycles. The number of amides is 1. The Kier molecular flexibility index (Phi) is 7.24. The van der Waals surface area contributed by atoms with Crippen LogP contribution in [0, 0.1) is 6.92 Å². The number of ether oxygens (including phenoxy) is 3. The fourth-order valence-electron chi connectivity index (χ4n) is 2.88. The maximum absolute atomic E-state index is 12.9. The quantitative estimate of drug-likeness (QED) is 0.520. The number of nitrogens with one attached hydrogen (secondary N) is 1. The zero-order chi connectivity index (χ0) is 21.5. The molecule has 0 saturated heterocycles. The van der Waals surface area contributed by atoms with Gasteiger partial charge in [-0.25, -0.2) is 0 Å². The summed E-state index contributed by atoms with van der Waals surface area (Å²) in [5.41, 5.74) is 2.48. The molecule has 0 radical (unpaired) electrons. The lowest BCUT2D eigenvalue weighted by atomic mass is 10.1. The van der Waals surface area contributed by atoms with Gasteiger partial charge in [0.2, 0.25) is 10.9 Å². The molecule has 0 bridgehead atoms. The van der Waals surface area contributed by atoms with Crippen LogP contribution in [0.15, 0.2) is 36.4 Å². The third-order valence-corrected chi connectivity index (χ3v) is 5.06. The standard InChI is InChI=1S/C22H25N3O4S/c1-5-27-17-12-15(13-18(28-6-2)19(17)29-7-3)20(26)23-22-25-24-21(30-22)16-11-9-8-10-14(16)4/h8-13H,5-7H2,1-4H3,(H,23,25,26). The highest BCUT2D eigenvalue weighted by Gasteiger charge is 2.19. The highest BCUT2D eigenvalue weighted by molar-refractivity contribution is 7.18. The minimum absolute atomic E-state index is 0.326. The van der Waals surface area contributed by atoms with Crippen LogP contribution in [0.4, 0.5) is 5.13 Å². The van der Waals surface area contributed by atoms with Gasteiger partial charge in [-0.1, -0.05) is 35.6 Å². The predicted molar refractivity (Wildman–Crippen MR) is 118 cm³/mol. The normalized spacial score (nSPS) is 10.5. The number of carbonyl (C=O) groups excluding carboxylic acids is 1. The van der Waals surface area contributed by atoms with Crippen molar-refractivity contribution in [3.05, 3.63) is 47.5 Å². The van der Waals surface area contributed by atoms with Crippen molar-refractivity contribution in [2.75, 3.05) is 25.1 Å². The second-order valence-corrected chi connectivity index (χ2v) is 7.26. The molecule has 2 aromatic carbocycles. The third-order valence-electron chi connectivity index (χ3n) is 4.19. The van der Waals surface area contributed by atoms with E-state index in [-0.39, 0.29) is 5.91 Å². The first kappa shape index (κ1) is 21.6. The van der Waals surface area contributed by atoms with E-state index in [1.54, 1.807) is 12.1 Å². The van der Waals surface area contributed by atoms with Gasteiger partial charge in [0.05, 0.1) is 19.8 Å². The van der Waals surface area contributed by atoms with Gasteiger partial charge in [0.25, 0.3) is 5.91 Å². The molecule has 8 heteroatoms. The minimum Gasteiger partial charge on any atom is -0.490 e. The van der Waals surface area contributed by atoms with Crippen molar-refractivity contribution >= 4 is 22.4 Å². The fourth-order valence-corrected chi connectivity index (χ4v) is 3.71. The van der Waals surface area contributed by atoms with Crippen LogP contribution >= 0.6 is 11.3 Å². The molecule has 1 heterocycles. The Morgan fingerprint density at radius 3 is 2.20 bits per heavy atom. The number of benzene rings is 2. The summed E-state index contributed by atoms with van der Waals surface area (Å²) in [7, 11) is 0. The first-order valence-electron chi connectivity index (χ1n) is 9.84. The Morgan fingerprint density at radius 1 is 0.967 bits per heavy atom. The Balaban J connectivity index is 1.87. The molecule has 1 aromatic heterocycles. The first-order chi connectivity index (χ1) is 14.6. The molecule has 158 valence electrons. The molecule has 0 atom stereocenters. The van der Waals surface area contributed by atoms with Gasteiger partial charge >= 0.3 is 0 Å². The average Bonchev–Trinajstić information content (AvgIpc) is 3.19. The van der Waals surface area contributed by atoms with Crippen molar-refractivity contribution in [3.8, 4) is 27.8 Å². The fraction of sp³-hybridized carbons (Fsp3) is 0.318. The number of aromatic nitrogens is 2. The number of aryl methyl sites for hydroxylation is 1. The highest BCUT2D eigenvalue weighted by Crippen LogP contribution is 2.39. The van der Waals surface area contributed by atoms with Gasteiger partial charge in [-0.15, -0.1) is 10.2 Å². The van der Waals surface area contributed by atoms with Crippen molar-refractivity contribution in [3.63, 3.8) is 0 Å². The highest BCUT2D eigenvalue weighted by atomic mass is 32.1. The molecule has 3 aromatic rings. The largest absolute Gasteiger partial charge is 0.490 e. The summed E-state index contributed by atoms with van der Waals surface area (Å²) in [5.74, 6) is 1.10. The van der Waals surface area contributed by atoms with E-state index >= 15 is 0 Å². The summed E-state index contributed by atoms with van der Waals surface area (Å²) < 4.78 is 17.1. The lowest BCUT2D eigenvalue weighted by Crippen LogP contribution is -2.13. The third kappa shape index (κ3) is 4.88. The predicted octanol–water partition coefficient (Wildman–Crippen LogP) is 4.96. The number of carbonyl (C=O) groups is 1. The Bertz CT molecular complexity index is 992. The summed E-state index contributed by atoms with van der Waals surface area (Å²) in [6.45, 7) is 8.97. The van der Waals surface area contributed by atoms with Crippen molar-refractivity contribution in [1.82, 2.24) is 10.2 Å². The maximum atomic E-state index is 12.9. The summed E-state index contributed by atoms with van der Waals surface area (Å²) in [4.78, 5) is 12.9. The zero-order valence-electron chi connectivity index (χ0n) is 17.5. The molecule has 30 heavy (non-hydrogen) atoms. The van der Waals surface area contributed by atoms with Crippen molar-refractivity contribution in [2.45, 2.75) is 27.7 Å². The molecule has 3 rings (SSSR count). The molecular weight excluding hydrogens is 402 g/mol. The molecule has 1 N–H and O–H groups in total. The number of anilines is 1. The summed E-state index contributed by atoms with van der Waals surface area (Å²) in [6, 6.07) is 11.2. The molecule has 0 aliphatic rings. The molecule has 0 aliphatic carbocycles. The molecule has 0 fully saturated rings.